The number of fused-ring (bicyclic) bond motifs is 2. The van der Waals surface area contributed by atoms with Crippen molar-refractivity contribution < 1.29 is 9.84 Å². The smallest absolute Gasteiger partial charge is 0.148 e. The summed E-state index contributed by atoms with van der Waals surface area (Å²) < 4.78 is 8.06. The molecule has 132 valence electrons. The van der Waals surface area contributed by atoms with Gasteiger partial charge in [0.05, 0.1) is 23.7 Å². The average molecular weight is 367 g/mol. The summed E-state index contributed by atoms with van der Waals surface area (Å²) in [6.07, 6.45) is -0.498. The molecule has 0 aliphatic heterocycles. The summed E-state index contributed by atoms with van der Waals surface area (Å²) in [6.45, 7) is 2.50. The number of benzene rings is 3. The molecule has 4 aromatic rings. The molecular formula is C21H19ClN2O2. The first-order valence-electron chi connectivity index (χ1n) is 8.55. The maximum absolute atomic E-state index is 9.88. The van der Waals surface area contributed by atoms with E-state index in [4.69, 9.17) is 16.3 Å². The molecule has 0 saturated carbocycles. The quantitative estimate of drug-likeness (QED) is 0.551. The van der Waals surface area contributed by atoms with Crippen molar-refractivity contribution in [3.05, 3.63) is 71.5 Å². The lowest BCUT2D eigenvalue weighted by molar-refractivity contribution is 0.171. The Morgan fingerprint density at radius 1 is 1.12 bits per heavy atom. The molecule has 1 atom stereocenters. The van der Waals surface area contributed by atoms with Crippen molar-refractivity contribution in [2.24, 2.45) is 0 Å². The lowest BCUT2D eigenvalue weighted by Crippen LogP contribution is -2.15. The van der Waals surface area contributed by atoms with Gasteiger partial charge in [-0.15, -0.1) is 0 Å². The zero-order chi connectivity index (χ0) is 18.1. The summed E-state index contributed by atoms with van der Waals surface area (Å²) >= 11 is 6.14. The molecule has 3 aromatic carbocycles. The highest BCUT2D eigenvalue weighted by molar-refractivity contribution is 6.31. The average Bonchev–Trinajstić information content (AvgIpc) is 2.96. The zero-order valence-corrected chi connectivity index (χ0v) is 15.1. The van der Waals surface area contributed by atoms with Crippen LogP contribution in [0.4, 0.5) is 0 Å². The highest BCUT2D eigenvalue weighted by atomic mass is 35.5. The van der Waals surface area contributed by atoms with E-state index in [1.807, 2.05) is 53.1 Å². The molecule has 0 spiro atoms. The van der Waals surface area contributed by atoms with Crippen LogP contribution in [0.25, 0.3) is 21.8 Å². The number of hydrogen-bond acceptors (Lipinski definition) is 3. The Morgan fingerprint density at radius 2 is 1.92 bits per heavy atom. The van der Waals surface area contributed by atoms with Crippen LogP contribution >= 0.6 is 11.6 Å². The van der Waals surface area contributed by atoms with Crippen molar-refractivity contribution >= 4 is 33.4 Å². The number of rotatable bonds is 5. The highest BCUT2D eigenvalue weighted by Gasteiger charge is 2.14. The summed E-state index contributed by atoms with van der Waals surface area (Å²) in [5, 5.41) is 12.7. The van der Waals surface area contributed by atoms with Crippen LogP contribution in [-0.4, -0.2) is 20.8 Å². The number of aromatic nitrogens is 2. The topological polar surface area (TPSA) is 47.3 Å². The molecule has 1 N–H and O–H groups in total. The van der Waals surface area contributed by atoms with E-state index in [2.05, 4.69) is 17.1 Å². The maximum Gasteiger partial charge on any atom is 0.148 e. The summed E-state index contributed by atoms with van der Waals surface area (Å²) in [5.41, 5.74) is 1.74. The lowest BCUT2D eigenvalue weighted by atomic mass is 10.1. The Bertz CT molecular complexity index is 1070. The molecule has 0 bridgehead atoms. The predicted octanol–water partition coefficient (Wildman–Crippen LogP) is 4.80. The fourth-order valence-electron chi connectivity index (χ4n) is 3.19. The van der Waals surface area contributed by atoms with Crippen molar-refractivity contribution in [3.8, 4) is 5.75 Å². The fraction of sp³-hybridized carbons (Fsp3) is 0.190. The van der Waals surface area contributed by atoms with Crippen LogP contribution in [0.15, 0.2) is 60.7 Å². The molecule has 26 heavy (non-hydrogen) atoms. The standard InChI is InChI=1S/C21H19ClN2O2/c1-14(25)12-24-19-11-16(22)9-10-18(19)23-21(24)13-26-20-8-4-6-15-5-2-3-7-17(15)20/h2-11,14,25H,12-13H2,1H3. The SMILES string of the molecule is CC(O)Cn1c(COc2cccc3ccccc23)nc2ccc(Cl)cc21. The molecule has 0 aliphatic rings. The Labute approximate surface area is 156 Å². The zero-order valence-electron chi connectivity index (χ0n) is 14.4. The number of hydrogen-bond donors (Lipinski definition) is 1. The predicted molar refractivity (Wildman–Crippen MR) is 105 cm³/mol. The van der Waals surface area contributed by atoms with Crippen molar-refractivity contribution in [1.29, 1.82) is 0 Å². The van der Waals surface area contributed by atoms with Gasteiger partial charge >= 0.3 is 0 Å². The third-order valence-corrected chi connectivity index (χ3v) is 4.58. The van der Waals surface area contributed by atoms with Crippen LogP contribution in [0.1, 0.15) is 12.7 Å². The number of ether oxygens (including phenoxy) is 1. The van der Waals surface area contributed by atoms with E-state index in [0.717, 1.165) is 33.4 Å². The second-order valence-electron chi connectivity index (χ2n) is 6.39. The molecule has 1 aromatic heterocycles. The van der Waals surface area contributed by atoms with Gasteiger partial charge in [-0.3, -0.25) is 0 Å². The molecule has 0 amide bonds. The summed E-state index contributed by atoms with van der Waals surface area (Å²) in [7, 11) is 0. The molecule has 5 heteroatoms. The van der Waals surface area contributed by atoms with Crippen LogP contribution in [0.2, 0.25) is 5.02 Å². The minimum atomic E-state index is -0.498. The first-order valence-corrected chi connectivity index (χ1v) is 8.93. The molecule has 4 rings (SSSR count). The molecule has 0 saturated heterocycles. The van der Waals surface area contributed by atoms with Gasteiger partial charge in [-0.25, -0.2) is 4.98 Å². The molecule has 0 fully saturated rings. The van der Waals surface area contributed by atoms with E-state index in [1.54, 1.807) is 6.92 Å². The van der Waals surface area contributed by atoms with Gasteiger partial charge in [0, 0.05) is 10.4 Å². The van der Waals surface area contributed by atoms with Gasteiger partial charge in [0.25, 0.3) is 0 Å². The van der Waals surface area contributed by atoms with Gasteiger partial charge in [-0.2, -0.15) is 0 Å². The Kier molecular flexibility index (Phi) is 4.53. The number of imidazole rings is 1. The van der Waals surface area contributed by atoms with Gasteiger partial charge in [0.1, 0.15) is 18.2 Å². The van der Waals surface area contributed by atoms with E-state index in [1.165, 1.54) is 0 Å². The number of halogens is 1. The second-order valence-corrected chi connectivity index (χ2v) is 6.82. The van der Waals surface area contributed by atoms with Crippen LogP contribution < -0.4 is 4.74 Å². The maximum atomic E-state index is 9.88. The third kappa shape index (κ3) is 3.26. The van der Waals surface area contributed by atoms with Crippen molar-refractivity contribution in [2.75, 3.05) is 0 Å². The molecule has 0 aliphatic carbocycles. The first kappa shape index (κ1) is 16.9. The van der Waals surface area contributed by atoms with Crippen LogP contribution in [0.3, 0.4) is 0 Å². The Balaban J connectivity index is 1.70. The van der Waals surface area contributed by atoms with Crippen molar-refractivity contribution in [3.63, 3.8) is 0 Å². The van der Waals surface area contributed by atoms with Crippen LogP contribution in [-0.2, 0) is 13.2 Å². The minimum absolute atomic E-state index is 0.313. The first-order chi connectivity index (χ1) is 12.6. The van der Waals surface area contributed by atoms with Gasteiger partial charge < -0.3 is 14.4 Å². The highest BCUT2D eigenvalue weighted by Crippen LogP contribution is 2.27. The van der Waals surface area contributed by atoms with Crippen LogP contribution in [0.5, 0.6) is 5.75 Å². The van der Waals surface area contributed by atoms with Gasteiger partial charge in [0.15, 0.2) is 0 Å². The monoisotopic (exact) mass is 366 g/mol. The summed E-state index contributed by atoms with van der Waals surface area (Å²) in [4.78, 5) is 4.67. The van der Waals surface area contributed by atoms with E-state index >= 15 is 0 Å². The number of aliphatic hydroxyl groups excluding tert-OH is 1. The van der Waals surface area contributed by atoms with Crippen molar-refractivity contribution in [1.82, 2.24) is 9.55 Å². The second kappa shape index (κ2) is 6.98. The molecule has 0 radical (unpaired) electrons. The van der Waals surface area contributed by atoms with Crippen LogP contribution in [0, 0.1) is 0 Å². The van der Waals surface area contributed by atoms with Gasteiger partial charge in [0.2, 0.25) is 0 Å². The molecular weight excluding hydrogens is 348 g/mol. The third-order valence-electron chi connectivity index (χ3n) is 4.34. The van der Waals surface area contributed by atoms with Crippen molar-refractivity contribution in [2.45, 2.75) is 26.2 Å². The van der Waals surface area contributed by atoms with Gasteiger partial charge in [-0.1, -0.05) is 48.0 Å². The summed E-state index contributed by atoms with van der Waals surface area (Å²) in [6, 6.07) is 19.7. The molecule has 4 nitrogen and oxygen atoms in total. The Morgan fingerprint density at radius 3 is 2.77 bits per heavy atom. The fourth-order valence-corrected chi connectivity index (χ4v) is 3.35. The molecule has 1 heterocycles. The Hall–Kier alpha value is -2.56. The largest absolute Gasteiger partial charge is 0.485 e. The normalized spacial score (nSPS) is 12.6. The van der Waals surface area contributed by atoms with E-state index in [-0.39, 0.29) is 0 Å². The molecule has 1 unspecified atom stereocenters. The van der Waals surface area contributed by atoms with Gasteiger partial charge in [-0.05, 0) is 36.6 Å². The lowest BCUT2D eigenvalue weighted by Gasteiger charge is -2.13. The van der Waals surface area contributed by atoms with E-state index < -0.39 is 6.10 Å². The van der Waals surface area contributed by atoms with E-state index in [9.17, 15) is 5.11 Å². The number of nitrogens with zero attached hydrogens (tertiary/aromatic N) is 2. The minimum Gasteiger partial charge on any atom is -0.485 e. The number of aliphatic hydroxyl groups is 1. The van der Waals surface area contributed by atoms with E-state index in [0.29, 0.717) is 18.2 Å². The summed E-state index contributed by atoms with van der Waals surface area (Å²) in [5.74, 6) is 1.58.